The van der Waals surface area contributed by atoms with Crippen molar-refractivity contribution in [3.05, 3.63) is 64.2 Å². The van der Waals surface area contributed by atoms with Gasteiger partial charge in [0.25, 0.3) is 0 Å². The second-order valence-corrected chi connectivity index (χ2v) is 5.16. The van der Waals surface area contributed by atoms with Crippen molar-refractivity contribution in [3.8, 4) is 5.75 Å². The summed E-state index contributed by atoms with van der Waals surface area (Å²) in [5, 5.41) is 4.27. The number of para-hydroxylation sites is 1. The van der Waals surface area contributed by atoms with Gasteiger partial charge in [-0.05, 0) is 36.7 Å². The van der Waals surface area contributed by atoms with Gasteiger partial charge in [0.05, 0.1) is 13.2 Å². The summed E-state index contributed by atoms with van der Waals surface area (Å²) in [6.45, 7) is 4.98. The average molecular weight is 290 g/mol. The van der Waals surface area contributed by atoms with Gasteiger partial charge in [0.2, 0.25) is 0 Å². The molecule has 2 nitrogen and oxygen atoms in total. The number of nitrogens with one attached hydrogen (secondary N) is 1. The molecular weight excluding hydrogens is 270 g/mol. The molecular formula is C17H20ClNO. The predicted octanol–water partition coefficient (Wildman–Crippen LogP) is 4.36. The molecule has 0 saturated carbocycles. The van der Waals surface area contributed by atoms with Gasteiger partial charge in [-0.1, -0.05) is 48.9 Å². The summed E-state index contributed by atoms with van der Waals surface area (Å²) in [5.74, 6) is 0.870. The zero-order chi connectivity index (χ0) is 14.5. The first-order valence-corrected chi connectivity index (χ1v) is 7.17. The Kier molecular flexibility index (Phi) is 5.05. The number of halogens is 1. The molecule has 0 aliphatic rings. The van der Waals surface area contributed by atoms with Crippen LogP contribution in [0, 0.1) is 6.92 Å². The van der Waals surface area contributed by atoms with E-state index in [0.717, 1.165) is 34.0 Å². The molecule has 0 heterocycles. The summed E-state index contributed by atoms with van der Waals surface area (Å²) in [6, 6.07) is 14.2. The Morgan fingerprint density at radius 1 is 1.15 bits per heavy atom. The quantitative estimate of drug-likeness (QED) is 0.883. The first kappa shape index (κ1) is 14.9. The summed E-state index contributed by atoms with van der Waals surface area (Å²) in [4.78, 5) is 0. The number of hydrogen-bond donors (Lipinski definition) is 1. The molecule has 106 valence electrons. The van der Waals surface area contributed by atoms with Crippen molar-refractivity contribution in [1.82, 2.24) is 5.32 Å². The monoisotopic (exact) mass is 289 g/mol. The number of benzene rings is 2. The Balaban J connectivity index is 2.50. The minimum atomic E-state index is 0.0317. The molecule has 0 aromatic heterocycles. The van der Waals surface area contributed by atoms with Crippen LogP contribution in [0.5, 0.6) is 5.75 Å². The molecule has 2 aromatic carbocycles. The molecule has 0 bridgehead atoms. The van der Waals surface area contributed by atoms with E-state index >= 15 is 0 Å². The van der Waals surface area contributed by atoms with E-state index in [9.17, 15) is 0 Å². The summed E-state index contributed by atoms with van der Waals surface area (Å²) in [6.07, 6.45) is 0. The molecule has 0 amide bonds. The summed E-state index contributed by atoms with van der Waals surface area (Å²) < 4.78 is 5.47. The Bertz CT molecular complexity index is 583. The molecule has 20 heavy (non-hydrogen) atoms. The molecule has 2 rings (SSSR count). The third-order valence-electron chi connectivity index (χ3n) is 3.33. The molecule has 3 heteroatoms. The molecule has 0 radical (unpaired) electrons. The normalized spacial score (nSPS) is 12.2. The molecule has 0 fully saturated rings. The van der Waals surface area contributed by atoms with Gasteiger partial charge in [-0.25, -0.2) is 0 Å². The largest absolute Gasteiger partial charge is 0.496 e. The zero-order valence-electron chi connectivity index (χ0n) is 12.1. The lowest BCUT2D eigenvalue weighted by Crippen LogP contribution is -2.22. The maximum absolute atomic E-state index is 6.42. The molecule has 2 aromatic rings. The average Bonchev–Trinajstić information content (AvgIpc) is 2.45. The number of rotatable bonds is 5. The molecule has 0 aliphatic heterocycles. The van der Waals surface area contributed by atoms with Crippen molar-refractivity contribution in [2.45, 2.75) is 19.9 Å². The third-order valence-corrected chi connectivity index (χ3v) is 3.65. The lowest BCUT2D eigenvalue weighted by atomic mass is 9.97. The smallest absolute Gasteiger partial charge is 0.123 e. The maximum Gasteiger partial charge on any atom is 0.123 e. The van der Waals surface area contributed by atoms with E-state index in [1.54, 1.807) is 7.11 Å². The highest BCUT2D eigenvalue weighted by Crippen LogP contribution is 2.33. The fourth-order valence-corrected chi connectivity index (χ4v) is 2.71. The second kappa shape index (κ2) is 6.78. The van der Waals surface area contributed by atoms with Gasteiger partial charge in [-0.15, -0.1) is 0 Å². The van der Waals surface area contributed by atoms with Crippen LogP contribution in [0.1, 0.15) is 29.7 Å². The molecule has 1 atom stereocenters. The van der Waals surface area contributed by atoms with Gasteiger partial charge < -0.3 is 10.1 Å². The number of aryl methyl sites for hydroxylation is 1. The van der Waals surface area contributed by atoms with Crippen molar-refractivity contribution in [3.63, 3.8) is 0 Å². The van der Waals surface area contributed by atoms with Crippen molar-refractivity contribution in [2.24, 2.45) is 0 Å². The highest BCUT2D eigenvalue weighted by atomic mass is 35.5. The Labute approximate surface area is 125 Å². The van der Waals surface area contributed by atoms with Crippen LogP contribution in [0.15, 0.2) is 42.5 Å². The standard InChI is InChI=1S/C17H20ClNO/c1-4-19-17(13-10-9-12(2)11-15(13)18)14-7-5-6-8-16(14)20-3/h5-11,17,19H,4H2,1-3H3. The van der Waals surface area contributed by atoms with Crippen molar-refractivity contribution in [2.75, 3.05) is 13.7 Å². The Hall–Kier alpha value is -1.51. The van der Waals surface area contributed by atoms with Crippen molar-refractivity contribution >= 4 is 11.6 Å². The van der Waals surface area contributed by atoms with Crippen molar-refractivity contribution < 1.29 is 4.74 Å². The predicted molar refractivity (Wildman–Crippen MR) is 84.7 cm³/mol. The van der Waals surface area contributed by atoms with Crippen LogP contribution >= 0.6 is 11.6 Å². The van der Waals surface area contributed by atoms with Gasteiger partial charge in [0.15, 0.2) is 0 Å². The maximum atomic E-state index is 6.42. The zero-order valence-corrected chi connectivity index (χ0v) is 12.9. The topological polar surface area (TPSA) is 21.3 Å². The van der Waals surface area contributed by atoms with Gasteiger partial charge in [0.1, 0.15) is 5.75 Å². The molecule has 0 spiro atoms. The van der Waals surface area contributed by atoms with Crippen LogP contribution in [-0.2, 0) is 0 Å². The number of ether oxygens (including phenoxy) is 1. The van der Waals surface area contributed by atoms with E-state index in [1.807, 2.05) is 31.2 Å². The minimum absolute atomic E-state index is 0.0317. The highest BCUT2D eigenvalue weighted by molar-refractivity contribution is 6.31. The lowest BCUT2D eigenvalue weighted by molar-refractivity contribution is 0.404. The van der Waals surface area contributed by atoms with Gasteiger partial charge >= 0.3 is 0 Å². The third kappa shape index (κ3) is 3.14. The van der Waals surface area contributed by atoms with E-state index in [0.29, 0.717) is 0 Å². The Morgan fingerprint density at radius 2 is 1.90 bits per heavy atom. The van der Waals surface area contributed by atoms with Crippen LogP contribution in [0.25, 0.3) is 0 Å². The first-order valence-electron chi connectivity index (χ1n) is 6.79. The van der Waals surface area contributed by atoms with E-state index in [2.05, 4.69) is 30.4 Å². The van der Waals surface area contributed by atoms with E-state index in [-0.39, 0.29) is 6.04 Å². The lowest BCUT2D eigenvalue weighted by Gasteiger charge is -2.22. The molecule has 1 N–H and O–H groups in total. The summed E-state index contributed by atoms with van der Waals surface area (Å²) >= 11 is 6.42. The van der Waals surface area contributed by atoms with Crippen LogP contribution in [0.4, 0.5) is 0 Å². The number of methoxy groups -OCH3 is 1. The highest BCUT2D eigenvalue weighted by Gasteiger charge is 2.19. The number of hydrogen-bond acceptors (Lipinski definition) is 2. The fourth-order valence-electron chi connectivity index (χ4n) is 2.36. The van der Waals surface area contributed by atoms with Crippen molar-refractivity contribution in [1.29, 1.82) is 0 Å². The van der Waals surface area contributed by atoms with Crippen LogP contribution in [0.3, 0.4) is 0 Å². The van der Waals surface area contributed by atoms with Gasteiger partial charge in [-0.3, -0.25) is 0 Å². The van der Waals surface area contributed by atoms with E-state index in [1.165, 1.54) is 0 Å². The first-order chi connectivity index (χ1) is 9.67. The fraction of sp³-hybridized carbons (Fsp3) is 0.294. The van der Waals surface area contributed by atoms with Crippen LogP contribution in [0.2, 0.25) is 5.02 Å². The van der Waals surface area contributed by atoms with Crippen LogP contribution in [-0.4, -0.2) is 13.7 Å². The molecule has 1 unspecified atom stereocenters. The molecule has 0 aliphatic carbocycles. The van der Waals surface area contributed by atoms with E-state index in [4.69, 9.17) is 16.3 Å². The van der Waals surface area contributed by atoms with Gasteiger partial charge in [0, 0.05) is 10.6 Å². The van der Waals surface area contributed by atoms with Crippen LogP contribution < -0.4 is 10.1 Å². The van der Waals surface area contributed by atoms with E-state index < -0.39 is 0 Å². The molecule has 0 saturated heterocycles. The minimum Gasteiger partial charge on any atom is -0.496 e. The second-order valence-electron chi connectivity index (χ2n) is 4.76. The Morgan fingerprint density at radius 3 is 2.55 bits per heavy atom. The summed E-state index contributed by atoms with van der Waals surface area (Å²) in [7, 11) is 1.69. The SMILES string of the molecule is CCNC(c1ccc(C)cc1Cl)c1ccccc1OC. The summed E-state index contributed by atoms with van der Waals surface area (Å²) in [5.41, 5.74) is 3.33. The van der Waals surface area contributed by atoms with Gasteiger partial charge in [-0.2, -0.15) is 0 Å².